The first-order chi connectivity index (χ1) is 9.93. The Kier molecular flexibility index (Phi) is 4.13. The van der Waals surface area contributed by atoms with Crippen molar-refractivity contribution in [2.24, 2.45) is 0 Å². The Labute approximate surface area is 125 Å². The zero-order valence-corrected chi connectivity index (χ0v) is 12.3. The molecule has 0 aliphatic carbocycles. The zero-order valence-electron chi connectivity index (χ0n) is 11.5. The summed E-state index contributed by atoms with van der Waals surface area (Å²) in [5.41, 5.74) is 7.09. The van der Waals surface area contributed by atoms with Crippen LogP contribution in [0, 0.1) is 6.92 Å². The molecule has 2 aromatic rings. The Morgan fingerprint density at radius 2 is 2.10 bits per heavy atom. The van der Waals surface area contributed by atoms with E-state index in [1.807, 2.05) is 0 Å². The van der Waals surface area contributed by atoms with Crippen LogP contribution in [0.2, 0.25) is 0 Å². The molecule has 0 fully saturated rings. The number of carbonyl (C=O) groups is 2. The average Bonchev–Trinajstić information content (AvgIpc) is 2.82. The van der Waals surface area contributed by atoms with E-state index in [1.165, 1.54) is 36.6 Å². The van der Waals surface area contributed by atoms with Gasteiger partial charge in [0.2, 0.25) is 0 Å². The maximum absolute atomic E-state index is 12.2. The van der Waals surface area contributed by atoms with E-state index in [4.69, 9.17) is 5.73 Å². The maximum atomic E-state index is 12.2. The summed E-state index contributed by atoms with van der Waals surface area (Å²) in [4.78, 5) is 24.1. The Balaban J connectivity index is 2.29. The summed E-state index contributed by atoms with van der Waals surface area (Å²) in [6, 6.07) is 4.19. The third-order valence-electron chi connectivity index (χ3n) is 2.88. The van der Waals surface area contributed by atoms with E-state index in [2.05, 4.69) is 10.1 Å². The number of thiophene rings is 1. The smallest absolute Gasteiger partial charge is 0.350 e. The number of esters is 1. The van der Waals surface area contributed by atoms with Crippen LogP contribution in [-0.2, 0) is 4.74 Å². The van der Waals surface area contributed by atoms with E-state index >= 15 is 0 Å². The zero-order chi connectivity index (χ0) is 15.6. The average molecular weight is 306 g/mol. The molecule has 0 atom stereocenters. The second kappa shape index (κ2) is 5.84. The van der Waals surface area contributed by atoms with Gasteiger partial charge in [-0.05, 0) is 36.1 Å². The molecule has 0 saturated carbocycles. The minimum atomic E-state index is -0.511. The van der Waals surface area contributed by atoms with Gasteiger partial charge in [-0.3, -0.25) is 4.79 Å². The predicted octanol–water partition coefficient (Wildman–Crippen LogP) is 2.38. The molecule has 1 heterocycles. The fourth-order valence-corrected chi connectivity index (χ4v) is 2.63. The van der Waals surface area contributed by atoms with Crippen molar-refractivity contribution in [3.05, 3.63) is 39.6 Å². The molecule has 2 rings (SSSR count). The van der Waals surface area contributed by atoms with Crippen molar-refractivity contribution in [1.29, 1.82) is 0 Å². The third-order valence-corrected chi connectivity index (χ3v) is 3.95. The Bertz CT molecular complexity index is 709. The molecule has 0 aliphatic rings. The number of nitrogens with two attached hydrogens (primary N) is 1. The lowest BCUT2D eigenvalue weighted by Gasteiger charge is -2.08. The second-order valence-corrected chi connectivity index (χ2v) is 5.22. The van der Waals surface area contributed by atoms with E-state index in [-0.39, 0.29) is 17.0 Å². The number of ether oxygens (including phenoxy) is 1. The van der Waals surface area contributed by atoms with Gasteiger partial charge in [-0.25, -0.2) is 4.79 Å². The molecule has 1 amide bonds. The first kappa shape index (κ1) is 14.9. The number of nitrogens with one attached hydrogen (secondary N) is 1. The van der Waals surface area contributed by atoms with Crippen LogP contribution in [0.15, 0.2) is 23.6 Å². The largest absolute Gasteiger partial charge is 0.506 e. The number of anilines is 2. The lowest BCUT2D eigenvalue weighted by atomic mass is 10.1. The van der Waals surface area contributed by atoms with Crippen LogP contribution < -0.4 is 11.1 Å². The van der Waals surface area contributed by atoms with E-state index in [0.717, 1.165) is 5.56 Å². The van der Waals surface area contributed by atoms with Crippen LogP contribution in [0.5, 0.6) is 5.75 Å². The summed E-state index contributed by atoms with van der Waals surface area (Å²) in [5.74, 6) is -1.13. The van der Waals surface area contributed by atoms with E-state index in [0.29, 0.717) is 10.6 Å². The number of hydrogen-bond donors (Lipinski definition) is 3. The molecular weight excluding hydrogens is 292 g/mol. The molecule has 0 bridgehead atoms. The van der Waals surface area contributed by atoms with Crippen molar-refractivity contribution >= 4 is 34.6 Å². The molecule has 1 aromatic heterocycles. The first-order valence-corrected chi connectivity index (χ1v) is 6.88. The highest BCUT2D eigenvalue weighted by Gasteiger charge is 2.19. The van der Waals surface area contributed by atoms with Gasteiger partial charge in [0.1, 0.15) is 10.6 Å². The third kappa shape index (κ3) is 2.97. The lowest BCUT2D eigenvalue weighted by Crippen LogP contribution is -2.14. The van der Waals surface area contributed by atoms with Crippen molar-refractivity contribution in [2.75, 3.05) is 18.2 Å². The molecule has 0 spiro atoms. The van der Waals surface area contributed by atoms with E-state index in [9.17, 15) is 14.7 Å². The number of aryl methyl sites for hydroxylation is 1. The van der Waals surface area contributed by atoms with Crippen molar-refractivity contribution in [3.8, 4) is 5.75 Å². The van der Waals surface area contributed by atoms with Gasteiger partial charge in [0.15, 0.2) is 0 Å². The number of aromatic hydroxyl groups is 1. The van der Waals surface area contributed by atoms with Crippen molar-refractivity contribution in [2.45, 2.75) is 6.92 Å². The minimum absolute atomic E-state index is 0.169. The monoisotopic (exact) mass is 306 g/mol. The number of methoxy groups -OCH3 is 1. The number of nitrogen functional groups attached to an aromatic ring is 1. The highest BCUT2D eigenvalue weighted by atomic mass is 32.1. The van der Waals surface area contributed by atoms with Gasteiger partial charge in [0.05, 0.1) is 18.5 Å². The highest BCUT2D eigenvalue weighted by Crippen LogP contribution is 2.29. The van der Waals surface area contributed by atoms with Crippen LogP contribution in [0.4, 0.5) is 11.4 Å². The van der Waals surface area contributed by atoms with Gasteiger partial charge in [-0.1, -0.05) is 0 Å². The molecule has 4 N–H and O–H groups in total. The van der Waals surface area contributed by atoms with Gasteiger partial charge in [-0.15, -0.1) is 11.3 Å². The Morgan fingerprint density at radius 1 is 1.38 bits per heavy atom. The number of carbonyl (C=O) groups excluding carboxylic acids is 2. The molecule has 0 saturated heterocycles. The van der Waals surface area contributed by atoms with Crippen molar-refractivity contribution in [1.82, 2.24) is 0 Å². The highest BCUT2D eigenvalue weighted by molar-refractivity contribution is 7.12. The maximum Gasteiger partial charge on any atom is 0.350 e. The normalized spacial score (nSPS) is 10.2. The molecule has 7 heteroatoms. The summed E-state index contributed by atoms with van der Waals surface area (Å²) in [6.07, 6.45) is 0. The summed E-state index contributed by atoms with van der Waals surface area (Å²) in [7, 11) is 1.28. The molecule has 0 aliphatic heterocycles. The summed E-state index contributed by atoms with van der Waals surface area (Å²) < 4.78 is 4.68. The number of rotatable bonds is 3. The fraction of sp³-hybridized carbons (Fsp3) is 0.143. The molecule has 21 heavy (non-hydrogen) atoms. The van der Waals surface area contributed by atoms with Crippen molar-refractivity contribution in [3.63, 3.8) is 0 Å². The first-order valence-electron chi connectivity index (χ1n) is 6.00. The molecular formula is C14H14N2O4S. The SMILES string of the molecule is COC(=O)c1scc(C)c1NC(=O)c1ccc(N)c(O)c1. The van der Waals surface area contributed by atoms with Crippen LogP contribution in [0.25, 0.3) is 0 Å². The van der Waals surface area contributed by atoms with Crippen molar-refractivity contribution < 1.29 is 19.4 Å². The number of hydrogen-bond acceptors (Lipinski definition) is 6. The Morgan fingerprint density at radius 3 is 2.71 bits per heavy atom. The predicted molar refractivity (Wildman–Crippen MR) is 80.9 cm³/mol. The molecule has 1 aromatic carbocycles. The van der Waals surface area contributed by atoms with E-state index < -0.39 is 11.9 Å². The molecule has 0 radical (unpaired) electrons. The van der Waals surface area contributed by atoms with Gasteiger partial charge in [0.25, 0.3) is 5.91 Å². The van der Waals surface area contributed by atoms with Gasteiger partial charge < -0.3 is 20.9 Å². The lowest BCUT2D eigenvalue weighted by molar-refractivity contribution is 0.0607. The minimum Gasteiger partial charge on any atom is -0.506 e. The number of phenols is 1. The number of amides is 1. The second-order valence-electron chi connectivity index (χ2n) is 4.34. The topological polar surface area (TPSA) is 102 Å². The number of phenolic OH excluding ortho intramolecular Hbond substituents is 1. The number of benzene rings is 1. The van der Waals surface area contributed by atoms with Crippen LogP contribution >= 0.6 is 11.3 Å². The standard InChI is InChI=1S/C14H14N2O4S/c1-7-6-21-12(14(19)20-2)11(7)16-13(18)8-3-4-9(15)10(17)5-8/h3-6,17H,15H2,1-2H3,(H,16,18). The van der Waals surface area contributed by atoms with Gasteiger partial charge in [-0.2, -0.15) is 0 Å². The van der Waals surface area contributed by atoms with Crippen LogP contribution in [0.3, 0.4) is 0 Å². The van der Waals surface area contributed by atoms with Gasteiger partial charge >= 0.3 is 5.97 Å². The summed E-state index contributed by atoms with van der Waals surface area (Å²) >= 11 is 1.19. The Hall–Kier alpha value is -2.54. The summed E-state index contributed by atoms with van der Waals surface area (Å²) in [6.45, 7) is 1.78. The quantitative estimate of drug-likeness (QED) is 0.459. The molecule has 0 unspecified atom stereocenters. The summed E-state index contributed by atoms with van der Waals surface area (Å²) in [5, 5.41) is 13.9. The fourth-order valence-electron chi connectivity index (χ4n) is 1.71. The van der Waals surface area contributed by atoms with Crippen LogP contribution in [0.1, 0.15) is 25.6 Å². The van der Waals surface area contributed by atoms with Crippen LogP contribution in [-0.4, -0.2) is 24.1 Å². The van der Waals surface area contributed by atoms with E-state index in [1.54, 1.807) is 12.3 Å². The molecule has 6 nitrogen and oxygen atoms in total. The molecule has 110 valence electrons. The van der Waals surface area contributed by atoms with Gasteiger partial charge in [0, 0.05) is 5.56 Å².